The molecular formula is C10H21NOS. The molecule has 1 atom stereocenters. The highest BCUT2D eigenvalue weighted by molar-refractivity contribution is 8.00. The van der Waals surface area contributed by atoms with Crippen LogP contribution in [0.15, 0.2) is 0 Å². The van der Waals surface area contributed by atoms with Crippen LogP contribution in [0.4, 0.5) is 0 Å². The van der Waals surface area contributed by atoms with Crippen molar-refractivity contribution in [3.05, 3.63) is 0 Å². The third kappa shape index (κ3) is 2.20. The van der Waals surface area contributed by atoms with Crippen molar-refractivity contribution in [2.24, 2.45) is 5.92 Å². The molecule has 0 aromatic carbocycles. The van der Waals surface area contributed by atoms with Crippen LogP contribution >= 0.6 is 11.8 Å². The molecule has 78 valence electrons. The van der Waals surface area contributed by atoms with Gasteiger partial charge < -0.3 is 4.74 Å². The fourth-order valence-electron chi connectivity index (χ4n) is 1.83. The maximum absolute atomic E-state index is 5.59. The van der Waals surface area contributed by atoms with Gasteiger partial charge in [0.1, 0.15) is 0 Å². The first-order chi connectivity index (χ1) is 6.13. The molecule has 0 aliphatic carbocycles. The van der Waals surface area contributed by atoms with Crippen molar-refractivity contribution in [1.82, 2.24) is 4.90 Å². The van der Waals surface area contributed by atoms with Crippen LogP contribution in [0.25, 0.3) is 0 Å². The second-order valence-corrected chi connectivity index (χ2v) is 5.31. The molecule has 1 fully saturated rings. The van der Waals surface area contributed by atoms with Gasteiger partial charge >= 0.3 is 0 Å². The van der Waals surface area contributed by atoms with E-state index in [2.05, 4.69) is 32.7 Å². The summed E-state index contributed by atoms with van der Waals surface area (Å²) in [7, 11) is 2.21. The predicted molar refractivity (Wildman–Crippen MR) is 59.2 cm³/mol. The van der Waals surface area contributed by atoms with E-state index in [4.69, 9.17) is 4.74 Å². The standard InChI is InChI=1S/C10H21NOS/c1-5-12-8-10(9(2)3)11(4)6-7-13-10/h9H,5-8H2,1-4H3/t10-/m0/s1. The van der Waals surface area contributed by atoms with Crippen molar-refractivity contribution in [1.29, 1.82) is 0 Å². The number of hydrogen-bond donors (Lipinski definition) is 0. The number of hydrogen-bond acceptors (Lipinski definition) is 3. The first-order valence-corrected chi connectivity index (χ1v) is 6.05. The van der Waals surface area contributed by atoms with Gasteiger partial charge in [-0.25, -0.2) is 0 Å². The van der Waals surface area contributed by atoms with Gasteiger partial charge in [-0.2, -0.15) is 0 Å². The largest absolute Gasteiger partial charge is 0.379 e. The maximum atomic E-state index is 5.59. The Bertz CT molecular complexity index is 163. The Morgan fingerprint density at radius 3 is 2.62 bits per heavy atom. The van der Waals surface area contributed by atoms with Crippen LogP contribution in [0.5, 0.6) is 0 Å². The highest BCUT2D eigenvalue weighted by Crippen LogP contribution is 2.40. The first kappa shape index (κ1) is 11.3. The number of likely N-dealkylation sites (N-methyl/N-ethyl adjacent to an activating group) is 1. The average Bonchev–Trinajstić information content (AvgIpc) is 2.45. The van der Waals surface area contributed by atoms with Gasteiger partial charge in [0.15, 0.2) is 0 Å². The molecule has 0 spiro atoms. The fraction of sp³-hybridized carbons (Fsp3) is 1.00. The highest BCUT2D eigenvalue weighted by atomic mass is 32.2. The van der Waals surface area contributed by atoms with Crippen molar-refractivity contribution in [2.75, 3.05) is 32.6 Å². The fourth-order valence-corrected chi connectivity index (χ4v) is 3.36. The summed E-state index contributed by atoms with van der Waals surface area (Å²) in [6.45, 7) is 9.51. The van der Waals surface area contributed by atoms with Crippen molar-refractivity contribution in [2.45, 2.75) is 25.6 Å². The molecule has 2 nitrogen and oxygen atoms in total. The van der Waals surface area contributed by atoms with E-state index in [0.717, 1.165) is 13.2 Å². The van der Waals surface area contributed by atoms with Gasteiger partial charge in [-0.1, -0.05) is 13.8 Å². The predicted octanol–water partition coefficient (Wildman–Crippen LogP) is 2.05. The molecule has 0 aromatic heterocycles. The third-order valence-corrected chi connectivity index (χ3v) is 4.63. The Balaban J connectivity index is 2.63. The Morgan fingerprint density at radius 1 is 1.54 bits per heavy atom. The third-order valence-electron chi connectivity index (χ3n) is 2.84. The second-order valence-electron chi connectivity index (χ2n) is 3.91. The minimum atomic E-state index is 0.232. The van der Waals surface area contributed by atoms with Crippen molar-refractivity contribution < 1.29 is 4.74 Å². The van der Waals surface area contributed by atoms with Gasteiger partial charge in [0.25, 0.3) is 0 Å². The molecule has 13 heavy (non-hydrogen) atoms. The van der Waals surface area contributed by atoms with Crippen molar-refractivity contribution in [3.8, 4) is 0 Å². The lowest BCUT2D eigenvalue weighted by Crippen LogP contribution is -2.47. The molecular weight excluding hydrogens is 182 g/mol. The lowest BCUT2D eigenvalue weighted by atomic mass is 10.0. The number of thioether (sulfide) groups is 1. The van der Waals surface area contributed by atoms with Gasteiger partial charge in [0, 0.05) is 18.9 Å². The number of rotatable bonds is 4. The molecule has 3 heteroatoms. The SMILES string of the molecule is CCOC[C@@]1(C(C)C)SCCN1C. The van der Waals surface area contributed by atoms with E-state index >= 15 is 0 Å². The summed E-state index contributed by atoms with van der Waals surface area (Å²) in [5, 5.41) is 0. The average molecular weight is 203 g/mol. The molecule has 0 unspecified atom stereocenters. The van der Waals surface area contributed by atoms with Crippen LogP contribution in [-0.4, -0.2) is 42.3 Å². The summed E-state index contributed by atoms with van der Waals surface area (Å²) in [5.74, 6) is 1.89. The van der Waals surface area contributed by atoms with E-state index < -0.39 is 0 Å². The number of nitrogens with zero attached hydrogens (tertiary/aromatic N) is 1. The molecule has 1 aliphatic rings. The molecule has 0 radical (unpaired) electrons. The van der Waals surface area contributed by atoms with Gasteiger partial charge in [0.2, 0.25) is 0 Å². The number of ether oxygens (including phenoxy) is 1. The van der Waals surface area contributed by atoms with Crippen LogP contribution in [0, 0.1) is 5.92 Å². The summed E-state index contributed by atoms with van der Waals surface area (Å²) >= 11 is 2.05. The summed E-state index contributed by atoms with van der Waals surface area (Å²) in [5.41, 5.74) is 0. The van der Waals surface area contributed by atoms with Crippen LogP contribution in [0.2, 0.25) is 0 Å². The van der Waals surface area contributed by atoms with Gasteiger partial charge in [0.05, 0.1) is 11.5 Å². The van der Waals surface area contributed by atoms with Crippen molar-refractivity contribution >= 4 is 11.8 Å². The van der Waals surface area contributed by atoms with E-state index in [1.54, 1.807) is 0 Å². The quantitative estimate of drug-likeness (QED) is 0.694. The Labute approximate surface area is 86.0 Å². The van der Waals surface area contributed by atoms with E-state index in [1.807, 2.05) is 11.8 Å². The zero-order chi connectivity index (χ0) is 9.90. The topological polar surface area (TPSA) is 12.5 Å². The lowest BCUT2D eigenvalue weighted by Gasteiger charge is -2.38. The van der Waals surface area contributed by atoms with Crippen LogP contribution in [0.3, 0.4) is 0 Å². The Morgan fingerprint density at radius 2 is 2.23 bits per heavy atom. The molecule has 0 amide bonds. The van der Waals surface area contributed by atoms with E-state index in [1.165, 1.54) is 12.3 Å². The van der Waals surface area contributed by atoms with Crippen LogP contribution in [-0.2, 0) is 4.74 Å². The monoisotopic (exact) mass is 203 g/mol. The van der Waals surface area contributed by atoms with Crippen LogP contribution < -0.4 is 0 Å². The highest BCUT2D eigenvalue weighted by Gasteiger charge is 2.42. The molecule has 0 bridgehead atoms. The van der Waals surface area contributed by atoms with Gasteiger partial charge in [-0.05, 0) is 19.9 Å². The maximum Gasteiger partial charge on any atom is 0.0927 e. The zero-order valence-electron chi connectivity index (χ0n) is 9.17. The smallest absolute Gasteiger partial charge is 0.0927 e. The summed E-state index contributed by atoms with van der Waals surface area (Å²) in [4.78, 5) is 2.67. The summed E-state index contributed by atoms with van der Waals surface area (Å²) < 4.78 is 5.59. The second kappa shape index (κ2) is 4.67. The molecule has 1 saturated heterocycles. The van der Waals surface area contributed by atoms with Gasteiger partial charge in [-0.3, -0.25) is 4.90 Å². The minimum absolute atomic E-state index is 0.232. The minimum Gasteiger partial charge on any atom is -0.379 e. The zero-order valence-corrected chi connectivity index (χ0v) is 9.99. The van der Waals surface area contributed by atoms with E-state index in [0.29, 0.717) is 5.92 Å². The Hall–Kier alpha value is 0.270. The summed E-state index contributed by atoms with van der Waals surface area (Å²) in [6.07, 6.45) is 0. The molecule has 0 saturated carbocycles. The molecule has 0 N–H and O–H groups in total. The molecule has 1 rings (SSSR count). The molecule has 0 aromatic rings. The van der Waals surface area contributed by atoms with Gasteiger partial charge in [-0.15, -0.1) is 11.8 Å². The normalized spacial score (nSPS) is 30.2. The Kier molecular flexibility index (Phi) is 4.07. The van der Waals surface area contributed by atoms with Crippen molar-refractivity contribution in [3.63, 3.8) is 0 Å². The van der Waals surface area contributed by atoms with Crippen LogP contribution in [0.1, 0.15) is 20.8 Å². The lowest BCUT2D eigenvalue weighted by molar-refractivity contribution is 0.0462. The van der Waals surface area contributed by atoms with E-state index in [-0.39, 0.29) is 4.87 Å². The first-order valence-electron chi connectivity index (χ1n) is 5.06. The molecule has 1 aliphatic heterocycles. The summed E-state index contributed by atoms with van der Waals surface area (Å²) in [6, 6.07) is 0. The molecule has 1 heterocycles. The van der Waals surface area contributed by atoms with E-state index in [9.17, 15) is 0 Å².